The van der Waals surface area contributed by atoms with Crippen LogP contribution < -0.4 is 29.4 Å². The van der Waals surface area contributed by atoms with Crippen LogP contribution in [0.5, 0.6) is 0 Å². The topological polar surface area (TPSA) is 19.4 Å². The number of halogens is 2. The molecule has 2 aliphatic rings. The number of benzene rings is 7. The highest BCUT2D eigenvalue weighted by molar-refractivity contribution is 9.14. The van der Waals surface area contributed by atoms with Gasteiger partial charge in [-0.25, -0.2) is 0 Å². The lowest BCUT2D eigenvalue weighted by Gasteiger charge is -2.28. The highest BCUT2D eigenvalue weighted by Gasteiger charge is 2.43. The molecule has 0 aromatic heterocycles. The van der Waals surface area contributed by atoms with Crippen LogP contribution in [0.2, 0.25) is 26.2 Å². The first-order valence-electron chi connectivity index (χ1n) is 40.4. The molecule has 0 amide bonds. The van der Waals surface area contributed by atoms with Gasteiger partial charge in [-0.2, -0.15) is 0 Å². The van der Waals surface area contributed by atoms with Gasteiger partial charge in [0.15, 0.2) is 0 Å². The Morgan fingerprint density at radius 3 is 0.660 bits per heavy atom. The van der Waals surface area contributed by atoms with E-state index in [0.717, 1.165) is 172 Å². The maximum Gasteiger partial charge on any atom is 0.135 e. The van der Waals surface area contributed by atoms with Gasteiger partial charge in [0.25, 0.3) is 0 Å². The summed E-state index contributed by atoms with van der Waals surface area (Å²) in [6.07, 6.45) is 19.2. The number of anilines is 6. The van der Waals surface area contributed by atoms with Crippen LogP contribution in [0.1, 0.15) is 199 Å². The molecule has 6 nitrogen and oxygen atoms in total. The lowest BCUT2D eigenvalue weighted by Crippen LogP contribution is -2.29. The Bertz CT molecular complexity index is 3840. The van der Waals surface area contributed by atoms with Crippen molar-refractivity contribution >= 4 is 104 Å². The van der Waals surface area contributed by atoms with E-state index in [1.54, 1.807) is 0 Å². The van der Waals surface area contributed by atoms with E-state index >= 15 is 0 Å². The third-order valence-electron chi connectivity index (χ3n) is 19.7. The Hall–Kier alpha value is -7.63. The summed E-state index contributed by atoms with van der Waals surface area (Å²) in [5, 5.41) is 2.51. The summed E-state index contributed by atoms with van der Waals surface area (Å²) in [6.45, 7) is 49.6. The van der Waals surface area contributed by atoms with Crippen molar-refractivity contribution in [3.8, 4) is 36.0 Å². The standard InChI is InChI=1S/C58H78N4Si.C20H32N2.C18H16Br2Si/c1-11-33-59(34-12-2)51-41-47(42-52(45-51)60(35-13-3)36-14-4)29-31-55-57(49-25-21-19-22-26-49)58(50-27-23-20-24-28-50)56(63(55,9)10)32-30-48-43-53(61(37-15-5)38-16-6)46-54(44-48)62(39-17-7)40-18-8;1-6-11-21(12-7-2)19-15-18(10-5)16-20(17-19)22(13-8-3)14-9-4;1-21(2)17(19)15(13-9-5-3-6-10-13)16(18(21)20)14-11-7-4-8-12-14/h19-28,41-46H,11-18,33-40H2,1-10H3;5,15-17H,6-9,11-14H2,1-4H3;3-12H,1-2H3. The average molecular weight is 1580 g/mol. The van der Waals surface area contributed by atoms with Crippen molar-refractivity contribution in [3.05, 3.63) is 233 Å². The second kappa shape index (κ2) is 44.0. The Morgan fingerprint density at radius 2 is 0.462 bits per heavy atom. The number of hydrogen-bond acceptors (Lipinski definition) is 6. The third kappa shape index (κ3) is 22.7. The molecule has 7 aromatic carbocycles. The first-order chi connectivity index (χ1) is 51.4. The minimum absolute atomic E-state index is 0.988. The lowest BCUT2D eigenvalue weighted by atomic mass is 9.91. The van der Waals surface area contributed by atoms with Gasteiger partial charge in [0.2, 0.25) is 0 Å². The van der Waals surface area contributed by atoms with Gasteiger partial charge in [-0.1, -0.05) is 292 Å². The predicted octanol–water partition coefficient (Wildman–Crippen LogP) is 25.6. The van der Waals surface area contributed by atoms with Crippen LogP contribution >= 0.6 is 31.9 Å². The van der Waals surface area contributed by atoms with Crippen molar-refractivity contribution < 1.29 is 0 Å². The zero-order valence-electron chi connectivity index (χ0n) is 67.7. The molecular formula is C96H126Br2N6Si2. The summed E-state index contributed by atoms with van der Waals surface area (Å²) in [7, 11) is -4.12. The lowest BCUT2D eigenvalue weighted by molar-refractivity contribution is 0.736. The molecule has 0 fully saturated rings. The molecule has 0 atom stereocenters. The van der Waals surface area contributed by atoms with Crippen molar-refractivity contribution in [2.45, 2.75) is 186 Å². The Kier molecular flexibility index (Phi) is 35.5. The maximum atomic E-state index is 5.70. The summed E-state index contributed by atoms with van der Waals surface area (Å²) >= 11 is 7.82. The number of hydrogen-bond donors (Lipinski definition) is 0. The summed E-state index contributed by atoms with van der Waals surface area (Å²) in [5.74, 6) is 18.4. The third-order valence-corrected chi connectivity index (χ3v) is 32.4. The van der Waals surface area contributed by atoms with Crippen molar-refractivity contribution in [2.75, 3.05) is 108 Å². The van der Waals surface area contributed by atoms with E-state index in [0.29, 0.717) is 0 Å². The van der Waals surface area contributed by atoms with Gasteiger partial charge in [0, 0.05) is 140 Å². The normalized spacial score (nSPS) is 13.4. The van der Waals surface area contributed by atoms with Crippen LogP contribution in [0.15, 0.2) is 195 Å². The molecule has 0 saturated carbocycles. The first kappa shape index (κ1) is 85.6. The molecule has 9 rings (SSSR count). The van der Waals surface area contributed by atoms with Crippen molar-refractivity contribution in [2.24, 2.45) is 0 Å². The van der Waals surface area contributed by atoms with E-state index in [4.69, 9.17) is 6.42 Å². The molecular weight excluding hydrogens is 1450 g/mol. The quantitative estimate of drug-likeness (QED) is 0.0294. The molecule has 2 aliphatic heterocycles. The predicted molar refractivity (Wildman–Crippen MR) is 484 cm³/mol. The molecule has 0 spiro atoms. The largest absolute Gasteiger partial charge is 0.371 e. The minimum Gasteiger partial charge on any atom is -0.371 e. The Balaban J connectivity index is 0.000000293. The molecule has 7 aromatic rings. The van der Waals surface area contributed by atoms with Gasteiger partial charge in [-0.15, -0.1) is 6.42 Å². The van der Waals surface area contributed by atoms with Crippen LogP contribution in [0, 0.1) is 36.0 Å². The monoisotopic (exact) mass is 1580 g/mol. The zero-order valence-corrected chi connectivity index (χ0v) is 72.9. The second-order valence-corrected chi connectivity index (χ2v) is 40.9. The van der Waals surface area contributed by atoms with E-state index < -0.39 is 16.1 Å². The van der Waals surface area contributed by atoms with Gasteiger partial charge in [0.05, 0.1) is 0 Å². The second-order valence-electron chi connectivity index (χ2n) is 29.4. The molecule has 0 saturated heterocycles. The van der Waals surface area contributed by atoms with Crippen molar-refractivity contribution in [3.63, 3.8) is 0 Å². The van der Waals surface area contributed by atoms with E-state index in [1.807, 2.05) is 0 Å². The molecule has 0 bridgehead atoms. The molecule has 2 heterocycles. The van der Waals surface area contributed by atoms with E-state index in [-0.39, 0.29) is 0 Å². The summed E-state index contributed by atoms with van der Waals surface area (Å²) in [5.41, 5.74) is 20.9. The van der Waals surface area contributed by atoms with Gasteiger partial charge >= 0.3 is 0 Å². The van der Waals surface area contributed by atoms with E-state index in [2.05, 4.69) is 376 Å². The molecule has 562 valence electrons. The molecule has 0 unspecified atom stereocenters. The smallest absolute Gasteiger partial charge is 0.135 e. The SMILES string of the molecule is C#Cc1cc(N(CCC)CCC)cc(N(CCC)CCC)c1.CCCN(CCC)c1cc(C#CC2=C(c3ccccc3)C(c3ccccc3)=C(C#Cc3cc(N(CCC)CCC)cc(N(CCC)CCC)c3)[Si]2(C)C)cc(N(CCC)CCC)c1.C[Si]1(C)C(Br)=C(c2ccccc2)C(c2ccccc2)=C1Br. The van der Waals surface area contributed by atoms with E-state index in [1.165, 1.54) is 97.3 Å². The minimum atomic E-state index is -2.47. The molecule has 106 heavy (non-hydrogen) atoms. The van der Waals surface area contributed by atoms with Crippen LogP contribution in [0.4, 0.5) is 34.1 Å². The highest BCUT2D eigenvalue weighted by Crippen LogP contribution is 2.53. The van der Waals surface area contributed by atoms with Crippen LogP contribution in [0.25, 0.3) is 22.3 Å². The number of allylic oxidation sites excluding steroid dienone is 6. The molecule has 0 N–H and O–H groups in total. The van der Waals surface area contributed by atoms with Crippen LogP contribution in [-0.2, 0) is 0 Å². The van der Waals surface area contributed by atoms with Crippen molar-refractivity contribution in [1.29, 1.82) is 0 Å². The van der Waals surface area contributed by atoms with Crippen molar-refractivity contribution in [1.82, 2.24) is 0 Å². The highest BCUT2D eigenvalue weighted by atomic mass is 79.9. The summed E-state index contributed by atoms with van der Waals surface area (Å²) in [6, 6.07) is 64.1. The van der Waals surface area contributed by atoms with E-state index in [9.17, 15) is 0 Å². The fourth-order valence-corrected chi connectivity index (χ4v) is 22.4. The summed E-state index contributed by atoms with van der Waals surface area (Å²) < 4.78 is 2.74. The zero-order chi connectivity index (χ0) is 76.6. The van der Waals surface area contributed by atoms with Gasteiger partial charge in [0.1, 0.15) is 16.1 Å². The number of nitrogens with zero attached hydrogens (tertiary/aromatic N) is 6. The number of terminal acetylenes is 1. The molecule has 0 aliphatic carbocycles. The molecule has 10 heteroatoms. The van der Waals surface area contributed by atoms with Gasteiger partial charge in [-0.05, 0) is 184 Å². The maximum absolute atomic E-state index is 5.70. The fraction of sp³-hybridized carbons (Fsp3) is 0.417. The fourth-order valence-electron chi connectivity index (χ4n) is 14.8. The Morgan fingerprint density at radius 1 is 0.264 bits per heavy atom. The first-order valence-corrected chi connectivity index (χ1v) is 48.0. The Labute approximate surface area is 663 Å². The van der Waals surface area contributed by atoms with Gasteiger partial charge in [-0.3, -0.25) is 0 Å². The average Bonchev–Trinajstić information content (AvgIpc) is 1.69. The number of rotatable bonds is 34. The summed E-state index contributed by atoms with van der Waals surface area (Å²) in [4.78, 5) is 15.2. The molecule has 0 radical (unpaired) electrons. The van der Waals surface area contributed by atoms with Gasteiger partial charge < -0.3 is 29.4 Å². The van der Waals surface area contributed by atoms with Crippen LogP contribution in [-0.4, -0.2) is 94.7 Å². The van der Waals surface area contributed by atoms with Crippen LogP contribution in [0.3, 0.4) is 0 Å².